The van der Waals surface area contributed by atoms with Gasteiger partial charge in [0.15, 0.2) is 6.61 Å². The Labute approximate surface area is 204 Å². The minimum atomic E-state index is -0.824. The molecule has 2 aromatic rings. The molecule has 2 aromatic carbocycles. The lowest BCUT2D eigenvalue weighted by atomic mass is 10.1. The number of aryl methyl sites for hydroxylation is 1. The fourth-order valence-corrected chi connectivity index (χ4v) is 3.65. The Bertz CT molecular complexity index is 1100. The molecule has 3 amide bonds. The molecule has 180 valence electrons. The predicted octanol–water partition coefficient (Wildman–Crippen LogP) is 2.45. The molecule has 3 rings (SSSR count). The van der Waals surface area contributed by atoms with E-state index in [1.807, 2.05) is 6.92 Å². The maximum Gasteiger partial charge on any atom is 0.311 e. The van der Waals surface area contributed by atoms with E-state index in [4.69, 9.17) is 14.2 Å². The van der Waals surface area contributed by atoms with E-state index in [1.165, 1.54) is 14.2 Å². The average molecular weight is 534 g/mol. The summed E-state index contributed by atoms with van der Waals surface area (Å²) in [4.78, 5) is 49.7. The van der Waals surface area contributed by atoms with Crippen molar-refractivity contribution >= 4 is 45.3 Å². The lowest BCUT2D eigenvalue weighted by Gasteiger charge is -2.19. The Morgan fingerprint density at radius 3 is 2.41 bits per heavy atom. The number of ether oxygens (including phenoxy) is 3. The number of halogens is 1. The van der Waals surface area contributed by atoms with E-state index >= 15 is 0 Å². The van der Waals surface area contributed by atoms with Crippen LogP contribution in [0, 0.1) is 12.8 Å². The number of anilines is 1. The topological polar surface area (TPSA) is 123 Å². The average Bonchev–Trinajstić information content (AvgIpc) is 3.19. The standard InChI is InChI=1S/C23H24BrN3O7/c1-13-9-15(7-8-16(13)24)25-19(28)12-34-23(31)14-10-20(29)27(11-14)26-22(30)21-17(32-2)5-4-6-18(21)33-3/h4-9,14H,10-12H2,1-3H3,(H,25,28)(H,26,30)/t14-/m0/s1. The van der Waals surface area contributed by atoms with Gasteiger partial charge in [-0.3, -0.25) is 29.6 Å². The van der Waals surface area contributed by atoms with E-state index in [1.54, 1.807) is 36.4 Å². The van der Waals surface area contributed by atoms with Crippen molar-refractivity contribution < 1.29 is 33.4 Å². The summed E-state index contributed by atoms with van der Waals surface area (Å²) < 4.78 is 16.4. The van der Waals surface area contributed by atoms with Gasteiger partial charge in [0, 0.05) is 16.6 Å². The Kier molecular flexibility index (Phi) is 8.11. The van der Waals surface area contributed by atoms with Crippen molar-refractivity contribution in [3.8, 4) is 11.5 Å². The number of carbonyl (C=O) groups is 4. The maximum atomic E-state index is 12.8. The molecular formula is C23H24BrN3O7. The summed E-state index contributed by atoms with van der Waals surface area (Å²) in [6.45, 7) is 1.29. The summed E-state index contributed by atoms with van der Waals surface area (Å²) in [7, 11) is 2.82. The van der Waals surface area contributed by atoms with Gasteiger partial charge in [-0.25, -0.2) is 0 Å². The van der Waals surface area contributed by atoms with Crippen LogP contribution in [-0.4, -0.2) is 56.1 Å². The zero-order valence-electron chi connectivity index (χ0n) is 18.8. The number of hydrogen-bond acceptors (Lipinski definition) is 7. The van der Waals surface area contributed by atoms with Gasteiger partial charge in [-0.05, 0) is 42.8 Å². The van der Waals surface area contributed by atoms with E-state index in [0.717, 1.165) is 15.0 Å². The molecule has 0 saturated carbocycles. The van der Waals surface area contributed by atoms with E-state index in [2.05, 4.69) is 26.7 Å². The molecule has 10 nitrogen and oxygen atoms in total. The second kappa shape index (κ2) is 11.0. The number of nitrogens with one attached hydrogen (secondary N) is 2. The summed E-state index contributed by atoms with van der Waals surface area (Å²) in [5.41, 5.74) is 4.10. The largest absolute Gasteiger partial charge is 0.496 e. The number of amides is 3. The molecule has 0 radical (unpaired) electrons. The molecule has 11 heteroatoms. The van der Waals surface area contributed by atoms with Crippen LogP contribution in [-0.2, 0) is 19.1 Å². The number of carbonyl (C=O) groups excluding carboxylic acids is 4. The van der Waals surface area contributed by atoms with Crippen LogP contribution in [0.25, 0.3) is 0 Å². The number of hydrogen-bond donors (Lipinski definition) is 2. The lowest BCUT2D eigenvalue weighted by molar-refractivity contribution is -0.151. The van der Waals surface area contributed by atoms with Crippen molar-refractivity contribution in [2.45, 2.75) is 13.3 Å². The summed E-state index contributed by atoms with van der Waals surface area (Å²) >= 11 is 3.38. The van der Waals surface area contributed by atoms with Crippen molar-refractivity contribution in [1.82, 2.24) is 10.4 Å². The highest BCUT2D eigenvalue weighted by Crippen LogP contribution is 2.28. The van der Waals surface area contributed by atoms with Gasteiger partial charge in [0.25, 0.3) is 11.8 Å². The highest BCUT2D eigenvalue weighted by atomic mass is 79.9. The smallest absolute Gasteiger partial charge is 0.311 e. The molecule has 2 N–H and O–H groups in total. The lowest BCUT2D eigenvalue weighted by Crippen LogP contribution is -2.43. The summed E-state index contributed by atoms with van der Waals surface area (Å²) in [5.74, 6) is -2.58. The molecule has 1 saturated heterocycles. The first-order chi connectivity index (χ1) is 16.2. The molecule has 1 atom stereocenters. The number of nitrogens with zero attached hydrogens (tertiary/aromatic N) is 1. The van der Waals surface area contributed by atoms with Crippen molar-refractivity contribution in [2.24, 2.45) is 5.92 Å². The summed E-state index contributed by atoms with van der Waals surface area (Å²) in [5, 5.41) is 3.69. The van der Waals surface area contributed by atoms with Crippen LogP contribution in [0.3, 0.4) is 0 Å². The summed E-state index contributed by atoms with van der Waals surface area (Å²) in [6, 6.07) is 10.1. The fraction of sp³-hybridized carbons (Fsp3) is 0.304. The first kappa shape index (κ1) is 25.0. The van der Waals surface area contributed by atoms with Crippen LogP contribution in [0.1, 0.15) is 22.3 Å². The molecule has 1 aliphatic heterocycles. The zero-order valence-corrected chi connectivity index (χ0v) is 20.4. The number of rotatable bonds is 8. The van der Waals surface area contributed by atoms with Crippen LogP contribution < -0.4 is 20.2 Å². The van der Waals surface area contributed by atoms with Gasteiger partial charge in [0.2, 0.25) is 5.91 Å². The van der Waals surface area contributed by atoms with Crippen LogP contribution in [0.4, 0.5) is 5.69 Å². The van der Waals surface area contributed by atoms with Gasteiger partial charge < -0.3 is 19.5 Å². The molecule has 0 bridgehead atoms. The Balaban J connectivity index is 1.55. The van der Waals surface area contributed by atoms with Crippen LogP contribution in [0.15, 0.2) is 40.9 Å². The highest BCUT2D eigenvalue weighted by molar-refractivity contribution is 9.10. The van der Waals surface area contributed by atoms with Gasteiger partial charge in [-0.15, -0.1) is 0 Å². The van der Waals surface area contributed by atoms with Gasteiger partial charge in [0.1, 0.15) is 17.1 Å². The Morgan fingerprint density at radius 1 is 1.12 bits per heavy atom. The van der Waals surface area contributed by atoms with Gasteiger partial charge in [-0.2, -0.15) is 0 Å². The first-order valence-corrected chi connectivity index (χ1v) is 11.1. The molecule has 1 heterocycles. The molecule has 34 heavy (non-hydrogen) atoms. The number of hydrazine groups is 1. The van der Waals surface area contributed by atoms with Crippen molar-refractivity contribution in [2.75, 3.05) is 32.7 Å². The second-order valence-electron chi connectivity index (χ2n) is 7.50. The van der Waals surface area contributed by atoms with E-state index in [0.29, 0.717) is 5.69 Å². The second-order valence-corrected chi connectivity index (χ2v) is 8.36. The van der Waals surface area contributed by atoms with E-state index < -0.39 is 36.2 Å². The molecule has 0 aromatic heterocycles. The third-order valence-corrected chi connectivity index (χ3v) is 6.03. The predicted molar refractivity (Wildman–Crippen MR) is 125 cm³/mol. The van der Waals surface area contributed by atoms with Crippen LogP contribution in [0.5, 0.6) is 11.5 Å². The van der Waals surface area contributed by atoms with Crippen LogP contribution in [0.2, 0.25) is 0 Å². The number of benzene rings is 2. The first-order valence-electron chi connectivity index (χ1n) is 10.3. The van der Waals surface area contributed by atoms with E-state index in [-0.39, 0.29) is 30.0 Å². The zero-order chi connectivity index (χ0) is 24.8. The highest BCUT2D eigenvalue weighted by Gasteiger charge is 2.37. The SMILES string of the molecule is COc1cccc(OC)c1C(=O)NN1C[C@@H](C(=O)OCC(=O)Nc2ccc(Br)c(C)c2)CC1=O. The van der Waals surface area contributed by atoms with Crippen molar-refractivity contribution in [3.05, 3.63) is 52.0 Å². The fourth-order valence-electron chi connectivity index (χ4n) is 3.40. The molecule has 0 unspecified atom stereocenters. The van der Waals surface area contributed by atoms with Crippen molar-refractivity contribution in [1.29, 1.82) is 0 Å². The third kappa shape index (κ3) is 5.84. The Hall–Kier alpha value is -3.60. The normalized spacial score (nSPS) is 15.0. The quantitative estimate of drug-likeness (QED) is 0.499. The summed E-state index contributed by atoms with van der Waals surface area (Å²) in [6.07, 6.45) is -0.157. The monoisotopic (exact) mass is 533 g/mol. The van der Waals surface area contributed by atoms with Crippen LogP contribution >= 0.6 is 15.9 Å². The maximum absolute atomic E-state index is 12.8. The molecule has 1 fully saturated rings. The minimum absolute atomic E-state index is 0.0889. The molecule has 1 aliphatic rings. The molecule has 0 aliphatic carbocycles. The molecular weight excluding hydrogens is 510 g/mol. The number of esters is 1. The molecule has 0 spiro atoms. The van der Waals surface area contributed by atoms with Gasteiger partial charge in [0.05, 0.1) is 26.7 Å². The number of methoxy groups -OCH3 is 2. The third-order valence-electron chi connectivity index (χ3n) is 5.14. The minimum Gasteiger partial charge on any atom is -0.496 e. The van der Waals surface area contributed by atoms with Gasteiger partial charge in [-0.1, -0.05) is 22.0 Å². The Morgan fingerprint density at radius 2 is 1.79 bits per heavy atom. The van der Waals surface area contributed by atoms with Crippen molar-refractivity contribution in [3.63, 3.8) is 0 Å². The van der Waals surface area contributed by atoms with Gasteiger partial charge >= 0.3 is 5.97 Å². The van der Waals surface area contributed by atoms with E-state index in [9.17, 15) is 19.2 Å².